The zero-order chi connectivity index (χ0) is 20.9. The average molecular weight is 407 g/mol. The molecular formula is C25H30N2O3. The van der Waals surface area contributed by atoms with Crippen LogP contribution in [0.1, 0.15) is 52.7 Å². The number of carbonyl (C=O) groups excluding carboxylic acids is 2. The van der Waals surface area contributed by atoms with Gasteiger partial charge in [-0.2, -0.15) is 0 Å². The molecule has 4 rings (SSSR count). The van der Waals surface area contributed by atoms with E-state index in [0.29, 0.717) is 38.2 Å². The molecule has 0 spiro atoms. The minimum Gasteiger partial charge on any atom is -0.507 e. The third-order valence-corrected chi connectivity index (χ3v) is 6.31. The Morgan fingerprint density at radius 2 is 1.50 bits per heavy atom. The van der Waals surface area contributed by atoms with Gasteiger partial charge < -0.3 is 14.9 Å². The number of rotatable bonds is 5. The third kappa shape index (κ3) is 4.66. The van der Waals surface area contributed by atoms with Crippen LogP contribution in [0.2, 0.25) is 0 Å². The van der Waals surface area contributed by atoms with Crippen molar-refractivity contribution in [1.82, 2.24) is 9.80 Å². The number of phenols is 1. The number of aryl methyl sites for hydroxylation is 3. The Morgan fingerprint density at radius 1 is 0.867 bits per heavy atom. The summed E-state index contributed by atoms with van der Waals surface area (Å²) in [6.07, 6.45) is 6.50. The Bertz CT molecular complexity index is 902. The average Bonchev–Trinajstić information content (AvgIpc) is 2.79. The molecule has 2 aromatic carbocycles. The van der Waals surface area contributed by atoms with Gasteiger partial charge in [0.15, 0.2) is 0 Å². The maximum atomic E-state index is 13.0. The van der Waals surface area contributed by atoms with E-state index >= 15 is 0 Å². The van der Waals surface area contributed by atoms with E-state index in [1.54, 1.807) is 11.0 Å². The second-order valence-electron chi connectivity index (χ2n) is 8.36. The number of fused-ring (bicyclic) bond motifs is 1. The SMILES string of the molecule is O=C(CCCc1ccccc1)N1CCN(C(=O)c2cc3c(cc2O)CCCC3)CC1. The summed E-state index contributed by atoms with van der Waals surface area (Å²) in [5, 5.41) is 10.4. The van der Waals surface area contributed by atoms with Crippen molar-refractivity contribution in [2.45, 2.75) is 44.9 Å². The second-order valence-corrected chi connectivity index (χ2v) is 8.36. The lowest BCUT2D eigenvalue weighted by Gasteiger charge is -2.35. The van der Waals surface area contributed by atoms with Crippen LogP contribution in [-0.2, 0) is 24.1 Å². The first-order valence-corrected chi connectivity index (χ1v) is 11.1. The molecule has 0 saturated carbocycles. The van der Waals surface area contributed by atoms with Crippen molar-refractivity contribution in [3.8, 4) is 5.75 Å². The minimum atomic E-state index is -0.128. The van der Waals surface area contributed by atoms with Gasteiger partial charge in [0, 0.05) is 32.6 Å². The molecule has 0 atom stereocenters. The van der Waals surface area contributed by atoms with Gasteiger partial charge in [-0.25, -0.2) is 0 Å². The number of carbonyl (C=O) groups is 2. The summed E-state index contributed by atoms with van der Waals surface area (Å²) >= 11 is 0. The highest BCUT2D eigenvalue weighted by Gasteiger charge is 2.27. The van der Waals surface area contributed by atoms with E-state index in [0.717, 1.165) is 38.5 Å². The van der Waals surface area contributed by atoms with Crippen LogP contribution in [0.4, 0.5) is 0 Å². The molecule has 0 radical (unpaired) electrons. The number of piperazine rings is 1. The molecule has 2 amide bonds. The summed E-state index contributed by atoms with van der Waals surface area (Å²) in [5.41, 5.74) is 4.01. The second kappa shape index (κ2) is 9.33. The van der Waals surface area contributed by atoms with Gasteiger partial charge in [0.25, 0.3) is 5.91 Å². The molecule has 0 aromatic heterocycles. The van der Waals surface area contributed by atoms with E-state index < -0.39 is 0 Å². The molecule has 1 saturated heterocycles. The summed E-state index contributed by atoms with van der Waals surface area (Å²) < 4.78 is 0. The Hall–Kier alpha value is -2.82. The fourth-order valence-corrected chi connectivity index (χ4v) is 4.52. The van der Waals surface area contributed by atoms with Gasteiger partial charge in [-0.05, 0) is 67.3 Å². The number of benzene rings is 2. The van der Waals surface area contributed by atoms with Crippen LogP contribution < -0.4 is 0 Å². The molecule has 0 unspecified atom stereocenters. The molecule has 0 bridgehead atoms. The lowest BCUT2D eigenvalue weighted by molar-refractivity contribution is -0.132. The van der Waals surface area contributed by atoms with E-state index in [-0.39, 0.29) is 17.6 Å². The Labute approximate surface area is 178 Å². The predicted octanol–water partition coefficient (Wildman–Crippen LogP) is 3.58. The Balaban J connectivity index is 1.29. The topological polar surface area (TPSA) is 60.9 Å². The fourth-order valence-electron chi connectivity index (χ4n) is 4.52. The van der Waals surface area contributed by atoms with Crippen molar-refractivity contribution < 1.29 is 14.7 Å². The van der Waals surface area contributed by atoms with Gasteiger partial charge in [-0.3, -0.25) is 9.59 Å². The molecule has 5 heteroatoms. The molecule has 5 nitrogen and oxygen atoms in total. The molecule has 1 heterocycles. The van der Waals surface area contributed by atoms with Gasteiger partial charge in [0.05, 0.1) is 5.56 Å². The first-order chi connectivity index (χ1) is 14.6. The summed E-state index contributed by atoms with van der Waals surface area (Å²) in [5.74, 6) is 0.117. The van der Waals surface area contributed by atoms with Crippen molar-refractivity contribution in [2.24, 2.45) is 0 Å². The molecule has 30 heavy (non-hydrogen) atoms. The molecule has 1 aliphatic heterocycles. The third-order valence-electron chi connectivity index (χ3n) is 6.31. The standard InChI is InChI=1S/C25H30N2O3/c28-23-18-21-11-5-4-10-20(21)17-22(23)25(30)27-15-13-26(14-16-27)24(29)12-6-9-19-7-2-1-3-8-19/h1-3,7-8,17-18,28H,4-6,9-16H2. The highest BCUT2D eigenvalue weighted by Crippen LogP contribution is 2.29. The quantitative estimate of drug-likeness (QED) is 0.826. The summed E-state index contributed by atoms with van der Waals surface area (Å²) in [6.45, 7) is 2.14. The van der Waals surface area contributed by atoms with Gasteiger partial charge in [-0.15, -0.1) is 0 Å². The van der Waals surface area contributed by atoms with Crippen LogP contribution in [0, 0.1) is 0 Å². The van der Waals surface area contributed by atoms with Crippen molar-refractivity contribution in [2.75, 3.05) is 26.2 Å². The van der Waals surface area contributed by atoms with Crippen LogP contribution in [0.5, 0.6) is 5.75 Å². The number of phenolic OH excluding ortho intramolecular Hbond substituents is 1. The molecule has 1 aliphatic carbocycles. The fraction of sp³-hybridized carbons (Fsp3) is 0.440. The van der Waals surface area contributed by atoms with E-state index in [4.69, 9.17) is 0 Å². The van der Waals surface area contributed by atoms with Gasteiger partial charge in [-0.1, -0.05) is 30.3 Å². The lowest BCUT2D eigenvalue weighted by Crippen LogP contribution is -2.50. The summed E-state index contributed by atoms with van der Waals surface area (Å²) in [7, 11) is 0. The van der Waals surface area contributed by atoms with Gasteiger partial charge in [0.1, 0.15) is 5.75 Å². The van der Waals surface area contributed by atoms with E-state index in [1.165, 1.54) is 16.7 Å². The molecule has 1 N–H and O–H groups in total. The van der Waals surface area contributed by atoms with Gasteiger partial charge in [0.2, 0.25) is 5.91 Å². The van der Waals surface area contributed by atoms with E-state index in [2.05, 4.69) is 12.1 Å². The van der Waals surface area contributed by atoms with Crippen molar-refractivity contribution >= 4 is 11.8 Å². The molecule has 1 fully saturated rings. The molecular weight excluding hydrogens is 376 g/mol. The predicted molar refractivity (Wildman–Crippen MR) is 117 cm³/mol. The van der Waals surface area contributed by atoms with Crippen LogP contribution in [0.15, 0.2) is 42.5 Å². The first-order valence-electron chi connectivity index (χ1n) is 11.1. The van der Waals surface area contributed by atoms with Crippen LogP contribution in [0.3, 0.4) is 0 Å². The molecule has 2 aromatic rings. The number of amides is 2. The van der Waals surface area contributed by atoms with Crippen molar-refractivity contribution in [1.29, 1.82) is 0 Å². The maximum absolute atomic E-state index is 13.0. The number of hydrogen-bond acceptors (Lipinski definition) is 3. The Kier molecular flexibility index (Phi) is 6.36. The first kappa shape index (κ1) is 20.5. The van der Waals surface area contributed by atoms with Crippen molar-refractivity contribution in [3.63, 3.8) is 0 Å². The largest absolute Gasteiger partial charge is 0.507 e. The van der Waals surface area contributed by atoms with Gasteiger partial charge >= 0.3 is 0 Å². The number of aromatic hydroxyl groups is 1. The normalized spacial score (nSPS) is 16.3. The lowest BCUT2D eigenvalue weighted by atomic mass is 9.89. The van der Waals surface area contributed by atoms with Crippen LogP contribution in [0.25, 0.3) is 0 Å². The highest BCUT2D eigenvalue weighted by atomic mass is 16.3. The molecule has 2 aliphatic rings. The molecule has 158 valence electrons. The zero-order valence-corrected chi connectivity index (χ0v) is 17.5. The maximum Gasteiger partial charge on any atom is 0.257 e. The summed E-state index contributed by atoms with van der Waals surface area (Å²) in [6, 6.07) is 13.9. The zero-order valence-electron chi connectivity index (χ0n) is 17.5. The van der Waals surface area contributed by atoms with E-state index in [9.17, 15) is 14.7 Å². The van der Waals surface area contributed by atoms with E-state index in [1.807, 2.05) is 29.2 Å². The monoisotopic (exact) mass is 406 g/mol. The Morgan fingerprint density at radius 3 is 2.20 bits per heavy atom. The number of hydrogen-bond donors (Lipinski definition) is 1. The number of nitrogens with zero attached hydrogens (tertiary/aromatic N) is 2. The van der Waals surface area contributed by atoms with Crippen LogP contribution >= 0.6 is 0 Å². The van der Waals surface area contributed by atoms with Crippen molar-refractivity contribution in [3.05, 3.63) is 64.7 Å². The highest BCUT2D eigenvalue weighted by molar-refractivity contribution is 5.97. The van der Waals surface area contributed by atoms with Crippen LogP contribution in [-0.4, -0.2) is 52.9 Å². The minimum absolute atomic E-state index is 0.0834. The smallest absolute Gasteiger partial charge is 0.257 e. The summed E-state index contributed by atoms with van der Waals surface area (Å²) in [4.78, 5) is 29.1.